The second-order valence-corrected chi connectivity index (χ2v) is 7.42. The fraction of sp³-hybridized carbons (Fsp3) is 0.200. The third-order valence-electron chi connectivity index (χ3n) is 5.18. The van der Waals surface area contributed by atoms with Crippen LogP contribution in [0.2, 0.25) is 0 Å². The van der Waals surface area contributed by atoms with E-state index in [1.807, 2.05) is 61.5 Å². The van der Waals surface area contributed by atoms with Crippen molar-refractivity contribution in [3.05, 3.63) is 89.2 Å². The Hall–Kier alpha value is -3.80. The first-order valence-electron chi connectivity index (χ1n) is 10.1. The van der Waals surface area contributed by atoms with Gasteiger partial charge in [0.1, 0.15) is 11.9 Å². The van der Waals surface area contributed by atoms with Gasteiger partial charge >= 0.3 is 0 Å². The van der Waals surface area contributed by atoms with Gasteiger partial charge in [-0.25, -0.2) is 4.98 Å². The first kappa shape index (κ1) is 20.5. The number of nitrogens with one attached hydrogen (secondary N) is 2. The summed E-state index contributed by atoms with van der Waals surface area (Å²) < 4.78 is 10.6. The molecule has 31 heavy (non-hydrogen) atoms. The van der Waals surface area contributed by atoms with E-state index in [-0.39, 0.29) is 18.4 Å². The van der Waals surface area contributed by atoms with Gasteiger partial charge in [0, 0.05) is 0 Å². The van der Waals surface area contributed by atoms with Gasteiger partial charge < -0.3 is 19.8 Å². The second-order valence-electron chi connectivity index (χ2n) is 7.42. The molecule has 1 unspecified atom stereocenters. The van der Waals surface area contributed by atoms with Crippen molar-refractivity contribution in [2.75, 3.05) is 14.2 Å². The molecule has 0 saturated carbocycles. The maximum Gasteiger partial charge on any atom is 0.225 e. The summed E-state index contributed by atoms with van der Waals surface area (Å²) in [6.07, 6.45) is 0.211. The lowest BCUT2D eigenvalue weighted by Crippen LogP contribution is -2.31. The highest BCUT2D eigenvalue weighted by atomic mass is 16.5. The minimum atomic E-state index is -0.387. The Morgan fingerprint density at radius 3 is 2.52 bits per heavy atom. The molecule has 3 aromatic carbocycles. The maximum atomic E-state index is 13.0. The van der Waals surface area contributed by atoms with Gasteiger partial charge in [-0.3, -0.25) is 4.79 Å². The molecule has 0 bridgehead atoms. The van der Waals surface area contributed by atoms with Gasteiger partial charge in [-0.05, 0) is 47.9 Å². The smallest absolute Gasteiger partial charge is 0.225 e. The van der Waals surface area contributed by atoms with Crippen LogP contribution in [-0.2, 0) is 11.2 Å². The average molecular weight is 415 g/mol. The molecule has 0 saturated heterocycles. The van der Waals surface area contributed by atoms with Crippen LogP contribution in [0.15, 0.2) is 66.7 Å². The van der Waals surface area contributed by atoms with E-state index in [4.69, 9.17) is 14.5 Å². The van der Waals surface area contributed by atoms with E-state index in [1.165, 1.54) is 0 Å². The summed E-state index contributed by atoms with van der Waals surface area (Å²) in [5, 5.41) is 3.13. The van der Waals surface area contributed by atoms with Crippen molar-refractivity contribution in [1.82, 2.24) is 15.3 Å². The number of imidazole rings is 1. The number of amides is 1. The van der Waals surface area contributed by atoms with Crippen LogP contribution in [0, 0.1) is 6.92 Å². The highest BCUT2D eigenvalue weighted by molar-refractivity contribution is 5.80. The number of carbonyl (C=O) groups is 1. The van der Waals surface area contributed by atoms with Gasteiger partial charge in [0.25, 0.3) is 0 Å². The Morgan fingerprint density at radius 2 is 1.77 bits per heavy atom. The van der Waals surface area contributed by atoms with E-state index >= 15 is 0 Å². The largest absolute Gasteiger partial charge is 0.493 e. The molecule has 0 aliphatic carbocycles. The van der Waals surface area contributed by atoms with Gasteiger partial charge in [0.15, 0.2) is 11.5 Å². The third-order valence-corrected chi connectivity index (χ3v) is 5.18. The van der Waals surface area contributed by atoms with E-state index in [0.29, 0.717) is 17.3 Å². The number of aryl methyl sites for hydroxylation is 1. The molecular weight excluding hydrogens is 390 g/mol. The van der Waals surface area contributed by atoms with Gasteiger partial charge in [-0.15, -0.1) is 0 Å². The summed E-state index contributed by atoms with van der Waals surface area (Å²) in [6, 6.07) is 21.0. The molecule has 6 heteroatoms. The molecule has 4 aromatic rings. The molecule has 4 rings (SSSR count). The van der Waals surface area contributed by atoms with E-state index < -0.39 is 0 Å². The van der Waals surface area contributed by atoms with Crippen LogP contribution < -0.4 is 14.8 Å². The van der Waals surface area contributed by atoms with Crippen molar-refractivity contribution in [3.63, 3.8) is 0 Å². The zero-order valence-corrected chi connectivity index (χ0v) is 17.8. The number of benzene rings is 3. The zero-order chi connectivity index (χ0) is 21.8. The first-order valence-corrected chi connectivity index (χ1v) is 10.1. The summed E-state index contributed by atoms with van der Waals surface area (Å²) >= 11 is 0. The van der Waals surface area contributed by atoms with Crippen LogP contribution >= 0.6 is 0 Å². The lowest BCUT2D eigenvalue weighted by Gasteiger charge is -2.17. The number of hydrogen-bond donors (Lipinski definition) is 2. The number of hydrogen-bond acceptors (Lipinski definition) is 4. The quantitative estimate of drug-likeness (QED) is 0.471. The van der Waals surface area contributed by atoms with Crippen LogP contribution in [0.5, 0.6) is 11.5 Å². The molecule has 2 N–H and O–H groups in total. The molecule has 1 heterocycles. The van der Waals surface area contributed by atoms with E-state index in [0.717, 1.165) is 27.7 Å². The molecule has 6 nitrogen and oxygen atoms in total. The Kier molecular flexibility index (Phi) is 5.89. The molecule has 0 aliphatic heterocycles. The summed E-state index contributed by atoms with van der Waals surface area (Å²) in [6.45, 7) is 2.04. The number of nitrogens with zero attached hydrogens (tertiary/aromatic N) is 1. The minimum Gasteiger partial charge on any atom is -0.493 e. The molecule has 1 amide bonds. The molecule has 0 radical (unpaired) electrons. The SMILES string of the molecule is COc1ccc(CC(=O)NC(c2ccccc2)c2nc3ccc(C)cc3[nH]2)cc1OC. The number of aromatic amines is 1. The van der Waals surface area contributed by atoms with Gasteiger partial charge in [-0.2, -0.15) is 0 Å². The van der Waals surface area contributed by atoms with Gasteiger partial charge in [0.05, 0.1) is 31.7 Å². The van der Waals surface area contributed by atoms with E-state index in [2.05, 4.69) is 16.4 Å². The summed E-state index contributed by atoms with van der Waals surface area (Å²) in [5.41, 5.74) is 4.76. The lowest BCUT2D eigenvalue weighted by atomic mass is 10.1. The van der Waals surface area contributed by atoms with E-state index in [1.54, 1.807) is 20.3 Å². The van der Waals surface area contributed by atoms with Crippen molar-refractivity contribution in [1.29, 1.82) is 0 Å². The van der Waals surface area contributed by atoms with Crippen molar-refractivity contribution in [2.45, 2.75) is 19.4 Å². The summed E-state index contributed by atoms with van der Waals surface area (Å²) in [4.78, 5) is 21.1. The predicted octanol–water partition coefficient (Wildman–Crippen LogP) is 4.34. The Balaban J connectivity index is 1.61. The predicted molar refractivity (Wildman–Crippen MR) is 121 cm³/mol. The maximum absolute atomic E-state index is 13.0. The van der Waals surface area contributed by atoms with Crippen LogP contribution in [0.25, 0.3) is 11.0 Å². The molecular formula is C25H25N3O3. The van der Waals surface area contributed by atoms with Crippen molar-refractivity contribution >= 4 is 16.9 Å². The summed E-state index contributed by atoms with van der Waals surface area (Å²) in [7, 11) is 3.17. The minimum absolute atomic E-state index is 0.113. The highest BCUT2D eigenvalue weighted by Gasteiger charge is 2.21. The molecule has 0 fully saturated rings. The molecule has 158 valence electrons. The number of methoxy groups -OCH3 is 2. The van der Waals surface area contributed by atoms with E-state index in [9.17, 15) is 4.79 Å². The standard InChI is InChI=1S/C25H25N3O3/c1-16-9-11-19-20(13-16)27-25(26-19)24(18-7-5-4-6-8-18)28-23(29)15-17-10-12-21(30-2)22(14-17)31-3/h4-14,24H,15H2,1-3H3,(H,26,27)(H,28,29). The van der Waals surface area contributed by atoms with Crippen LogP contribution in [-0.4, -0.2) is 30.1 Å². The Morgan fingerprint density at radius 1 is 1.00 bits per heavy atom. The fourth-order valence-electron chi connectivity index (χ4n) is 3.62. The van der Waals surface area contributed by atoms with Gasteiger partial charge in [0.2, 0.25) is 5.91 Å². The number of aromatic nitrogens is 2. The van der Waals surface area contributed by atoms with Crippen molar-refractivity contribution in [2.24, 2.45) is 0 Å². The second kappa shape index (κ2) is 8.92. The number of H-pyrrole nitrogens is 1. The normalized spacial score (nSPS) is 11.8. The molecule has 1 atom stereocenters. The first-order chi connectivity index (χ1) is 15.1. The number of fused-ring (bicyclic) bond motifs is 1. The van der Waals surface area contributed by atoms with Crippen molar-refractivity contribution in [3.8, 4) is 11.5 Å². The number of rotatable bonds is 7. The third kappa shape index (κ3) is 4.53. The van der Waals surface area contributed by atoms with Crippen LogP contribution in [0.1, 0.15) is 28.6 Å². The highest BCUT2D eigenvalue weighted by Crippen LogP contribution is 2.28. The molecule has 0 aliphatic rings. The Bertz CT molecular complexity index is 1200. The monoisotopic (exact) mass is 415 g/mol. The summed E-state index contributed by atoms with van der Waals surface area (Å²) in [5.74, 6) is 1.82. The van der Waals surface area contributed by atoms with Crippen molar-refractivity contribution < 1.29 is 14.3 Å². The topological polar surface area (TPSA) is 76.2 Å². The Labute approximate surface area is 181 Å². The number of ether oxygens (including phenoxy) is 2. The van der Waals surface area contributed by atoms with Crippen LogP contribution in [0.4, 0.5) is 0 Å². The zero-order valence-electron chi connectivity index (χ0n) is 17.8. The average Bonchev–Trinajstić information content (AvgIpc) is 3.20. The van der Waals surface area contributed by atoms with Gasteiger partial charge in [-0.1, -0.05) is 42.5 Å². The molecule has 1 aromatic heterocycles. The number of carbonyl (C=O) groups excluding carboxylic acids is 1. The fourth-order valence-corrected chi connectivity index (χ4v) is 3.62. The van der Waals surface area contributed by atoms with Crippen LogP contribution in [0.3, 0.4) is 0 Å². The molecule has 0 spiro atoms. The lowest BCUT2D eigenvalue weighted by molar-refractivity contribution is -0.121.